The molecule has 2 N–H and O–H groups in total. The Morgan fingerprint density at radius 1 is 1.17 bits per heavy atom. The fourth-order valence-corrected chi connectivity index (χ4v) is 2.34. The molecule has 2 unspecified atom stereocenters. The van der Waals surface area contributed by atoms with Crippen molar-refractivity contribution >= 4 is 17.5 Å². The highest BCUT2D eigenvalue weighted by Gasteiger charge is 2.48. The molecule has 126 valence electrons. The zero-order valence-corrected chi connectivity index (χ0v) is 14.0. The molecule has 2 atom stereocenters. The molecular weight excluding hydrogens is 296 g/mol. The quantitative estimate of drug-likeness (QED) is 0.806. The lowest BCUT2D eigenvalue weighted by molar-refractivity contribution is -0.125. The van der Waals surface area contributed by atoms with E-state index in [1.165, 1.54) is 7.11 Å². The molecule has 23 heavy (non-hydrogen) atoms. The highest BCUT2D eigenvalue weighted by molar-refractivity contribution is 6.00. The Morgan fingerprint density at radius 2 is 1.87 bits per heavy atom. The molecule has 1 aliphatic carbocycles. The van der Waals surface area contributed by atoms with E-state index < -0.39 is 0 Å². The van der Waals surface area contributed by atoms with E-state index in [2.05, 4.69) is 10.6 Å². The standard InChI is InChI=1S/C17H24N2O4/c1-10(2)9-18-16(20)12-8-13(12)17(21)19-14-6-5-11(22-3)7-15(14)23-4/h5-7,10,12-13H,8-9H2,1-4H3,(H,18,20)(H,19,21). The molecule has 6 heteroatoms. The summed E-state index contributed by atoms with van der Waals surface area (Å²) in [7, 11) is 3.10. The van der Waals surface area contributed by atoms with Gasteiger partial charge >= 0.3 is 0 Å². The van der Waals surface area contributed by atoms with Gasteiger partial charge in [0.05, 0.1) is 31.7 Å². The molecule has 0 heterocycles. The van der Waals surface area contributed by atoms with Crippen molar-refractivity contribution in [3.8, 4) is 11.5 Å². The van der Waals surface area contributed by atoms with Crippen molar-refractivity contribution in [1.29, 1.82) is 0 Å². The second-order valence-corrected chi connectivity index (χ2v) is 6.14. The second-order valence-electron chi connectivity index (χ2n) is 6.14. The summed E-state index contributed by atoms with van der Waals surface area (Å²) in [6.45, 7) is 4.70. The van der Waals surface area contributed by atoms with Crippen LogP contribution in [0, 0.1) is 17.8 Å². The maximum atomic E-state index is 12.3. The molecule has 0 aromatic heterocycles. The van der Waals surface area contributed by atoms with E-state index in [0.717, 1.165) is 0 Å². The number of anilines is 1. The van der Waals surface area contributed by atoms with Gasteiger partial charge in [0.1, 0.15) is 11.5 Å². The molecule has 6 nitrogen and oxygen atoms in total. The summed E-state index contributed by atoms with van der Waals surface area (Å²) in [4.78, 5) is 24.2. The van der Waals surface area contributed by atoms with Crippen LogP contribution in [0.5, 0.6) is 11.5 Å². The minimum atomic E-state index is -0.269. The van der Waals surface area contributed by atoms with Gasteiger partial charge in [-0.05, 0) is 24.5 Å². The Labute approximate surface area is 136 Å². The molecule has 1 aromatic carbocycles. The topological polar surface area (TPSA) is 76.7 Å². The summed E-state index contributed by atoms with van der Waals surface area (Å²) < 4.78 is 10.4. The van der Waals surface area contributed by atoms with Crippen LogP contribution in [0.1, 0.15) is 20.3 Å². The number of hydrogen-bond acceptors (Lipinski definition) is 4. The van der Waals surface area contributed by atoms with Crippen LogP contribution < -0.4 is 20.1 Å². The van der Waals surface area contributed by atoms with Gasteiger partial charge in [-0.2, -0.15) is 0 Å². The summed E-state index contributed by atoms with van der Waals surface area (Å²) in [6.07, 6.45) is 0.592. The molecule has 0 aliphatic heterocycles. The first-order valence-electron chi connectivity index (χ1n) is 7.76. The van der Waals surface area contributed by atoms with Crippen molar-refractivity contribution in [2.75, 3.05) is 26.1 Å². The molecule has 0 spiro atoms. The number of amides is 2. The monoisotopic (exact) mass is 320 g/mol. The van der Waals surface area contributed by atoms with E-state index in [1.54, 1.807) is 25.3 Å². The number of methoxy groups -OCH3 is 2. The van der Waals surface area contributed by atoms with Gasteiger partial charge in [0.15, 0.2) is 0 Å². The average Bonchev–Trinajstić information content (AvgIpc) is 3.33. The fourth-order valence-electron chi connectivity index (χ4n) is 2.34. The maximum absolute atomic E-state index is 12.3. The number of ether oxygens (including phenoxy) is 2. The SMILES string of the molecule is COc1ccc(NC(=O)C2CC2C(=O)NCC(C)C)c(OC)c1. The van der Waals surface area contributed by atoms with Gasteiger partial charge < -0.3 is 20.1 Å². The highest BCUT2D eigenvalue weighted by Crippen LogP contribution is 2.40. The molecular formula is C17H24N2O4. The van der Waals surface area contributed by atoms with E-state index in [0.29, 0.717) is 36.1 Å². The molecule has 0 radical (unpaired) electrons. The molecule has 0 bridgehead atoms. The molecule has 2 amide bonds. The molecule has 1 fully saturated rings. The van der Waals surface area contributed by atoms with E-state index in [9.17, 15) is 9.59 Å². The van der Waals surface area contributed by atoms with Gasteiger partial charge in [0.25, 0.3) is 0 Å². The first kappa shape index (κ1) is 17.1. The van der Waals surface area contributed by atoms with Gasteiger partial charge in [-0.15, -0.1) is 0 Å². The van der Waals surface area contributed by atoms with Gasteiger partial charge in [-0.1, -0.05) is 13.8 Å². The zero-order valence-electron chi connectivity index (χ0n) is 14.0. The van der Waals surface area contributed by atoms with Crippen LogP contribution in [0.2, 0.25) is 0 Å². The Kier molecular flexibility index (Phi) is 5.47. The largest absolute Gasteiger partial charge is 0.497 e. The molecule has 0 saturated heterocycles. The normalized spacial score (nSPS) is 19.2. The van der Waals surface area contributed by atoms with E-state index in [4.69, 9.17) is 9.47 Å². The number of carbonyl (C=O) groups is 2. The van der Waals surface area contributed by atoms with Crippen LogP contribution in [0.15, 0.2) is 18.2 Å². The van der Waals surface area contributed by atoms with Crippen LogP contribution in [0.3, 0.4) is 0 Å². The number of nitrogens with one attached hydrogen (secondary N) is 2. The van der Waals surface area contributed by atoms with Crippen molar-refractivity contribution < 1.29 is 19.1 Å². The van der Waals surface area contributed by atoms with Crippen molar-refractivity contribution in [3.63, 3.8) is 0 Å². The van der Waals surface area contributed by atoms with E-state index in [1.807, 2.05) is 13.8 Å². The third kappa shape index (κ3) is 4.37. The Bertz CT molecular complexity index is 586. The fraction of sp³-hybridized carbons (Fsp3) is 0.529. The maximum Gasteiger partial charge on any atom is 0.228 e. The zero-order chi connectivity index (χ0) is 17.0. The predicted molar refractivity (Wildman–Crippen MR) is 87.6 cm³/mol. The lowest BCUT2D eigenvalue weighted by Crippen LogP contribution is -2.30. The summed E-state index contributed by atoms with van der Waals surface area (Å²) in [6, 6.07) is 5.18. The van der Waals surface area contributed by atoms with Crippen LogP contribution in [-0.2, 0) is 9.59 Å². The first-order chi connectivity index (χ1) is 11.0. The summed E-state index contributed by atoms with van der Waals surface area (Å²) >= 11 is 0. The van der Waals surface area contributed by atoms with Crippen LogP contribution >= 0.6 is 0 Å². The lowest BCUT2D eigenvalue weighted by atomic mass is 10.2. The molecule has 1 aromatic rings. The van der Waals surface area contributed by atoms with Crippen molar-refractivity contribution in [2.45, 2.75) is 20.3 Å². The minimum Gasteiger partial charge on any atom is -0.497 e. The number of carbonyl (C=O) groups excluding carboxylic acids is 2. The summed E-state index contributed by atoms with van der Waals surface area (Å²) in [5.74, 6) is 0.885. The number of hydrogen-bond donors (Lipinski definition) is 2. The average molecular weight is 320 g/mol. The van der Waals surface area contributed by atoms with Crippen molar-refractivity contribution in [1.82, 2.24) is 5.32 Å². The van der Waals surface area contributed by atoms with Gasteiger partial charge in [-0.25, -0.2) is 0 Å². The summed E-state index contributed by atoms with van der Waals surface area (Å²) in [5.41, 5.74) is 0.575. The summed E-state index contributed by atoms with van der Waals surface area (Å²) in [5, 5.41) is 5.70. The highest BCUT2D eigenvalue weighted by atomic mass is 16.5. The van der Waals surface area contributed by atoms with Crippen LogP contribution in [0.4, 0.5) is 5.69 Å². The Balaban J connectivity index is 1.92. The number of rotatable bonds is 7. The molecule has 2 rings (SSSR count). The van der Waals surface area contributed by atoms with Crippen LogP contribution in [0.25, 0.3) is 0 Å². The van der Waals surface area contributed by atoms with Gasteiger partial charge in [-0.3, -0.25) is 9.59 Å². The second kappa shape index (κ2) is 7.35. The van der Waals surface area contributed by atoms with Gasteiger partial charge in [0.2, 0.25) is 11.8 Å². The Hall–Kier alpha value is -2.24. The third-order valence-corrected chi connectivity index (χ3v) is 3.82. The van der Waals surface area contributed by atoms with Crippen molar-refractivity contribution in [3.05, 3.63) is 18.2 Å². The molecule has 1 aliphatic rings. The van der Waals surface area contributed by atoms with E-state index in [-0.39, 0.29) is 23.7 Å². The smallest absolute Gasteiger partial charge is 0.228 e. The van der Waals surface area contributed by atoms with Crippen molar-refractivity contribution in [2.24, 2.45) is 17.8 Å². The number of benzene rings is 1. The van der Waals surface area contributed by atoms with E-state index >= 15 is 0 Å². The minimum absolute atomic E-state index is 0.0412. The first-order valence-corrected chi connectivity index (χ1v) is 7.76. The third-order valence-electron chi connectivity index (χ3n) is 3.82. The molecule has 1 saturated carbocycles. The predicted octanol–water partition coefficient (Wildman–Crippen LogP) is 2.05. The Morgan fingerprint density at radius 3 is 2.48 bits per heavy atom. The van der Waals surface area contributed by atoms with Gasteiger partial charge in [0, 0.05) is 12.6 Å². The van der Waals surface area contributed by atoms with Crippen LogP contribution in [-0.4, -0.2) is 32.6 Å². The lowest BCUT2D eigenvalue weighted by Gasteiger charge is -2.11.